The molecule has 0 atom stereocenters. The second-order valence-electron chi connectivity index (χ2n) is 3.91. The molecule has 16 heavy (non-hydrogen) atoms. The van der Waals surface area contributed by atoms with E-state index in [1.807, 2.05) is 31.2 Å². The number of benzene rings is 1. The van der Waals surface area contributed by atoms with Gasteiger partial charge in [-0.25, -0.2) is 0 Å². The van der Waals surface area contributed by atoms with Gasteiger partial charge in [-0.1, -0.05) is 35.9 Å². The van der Waals surface area contributed by atoms with Gasteiger partial charge in [0, 0.05) is 12.8 Å². The maximum atomic E-state index is 11.3. The summed E-state index contributed by atoms with van der Waals surface area (Å²) in [6, 6.07) is 7.92. The third kappa shape index (κ3) is 4.69. The molecule has 0 N–H and O–H groups in total. The minimum absolute atomic E-state index is 0.00391. The average Bonchev–Trinajstić information content (AvgIpc) is 2.25. The highest BCUT2D eigenvalue weighted by molar-refractivity contribution is 5.95. The topological polar surface area (TPSA) is 34.1 Å². The van der Waals surface area contributed by atoms with Gasteiger partial charge >= 0.3 is 0 Å². The minimum Gasteiger partial charge on any atom is -0.300 e. The molecule has 1 aromatic rings. The first kappa shape index (κ1) is 12.4. The summed E-state index contributed by atoms with van der Waals surface area (Å²) in [7, 11) is 0. The number of rotatable bonds is 5. The summed E-state index contributed by atoms with van der Waals surface area (Å²) in [4.78, 5) is 22.0. The molecule has 0 saturated carbocycles. The van der Waals surface area contributed by atoms with Crippen molar-refractivity contribution in [1.82, 2.24) is 0 Å². The fourth-order valence-corrected chi connectivity index (χ4v) is 1.25. The molecule has 1 aromatic carbocycles. The van der Waals surface area contributed by atoms with Crippen molar-refractivity contribution in [3.63, 3.8) is 0 Å². The molecule has 0 spiro atoms. The van der Waals surface area contributed by atoms with Crippen molar-refractivity contribution in [1.29, 1.82) is 0 Å². The first-order valence-corrected chi connectivity index (χ1v) is 5.35. The third-order valence-electron chi connectivity index (χ3n) is 2.26. The van der Waals surface area contributed by atoms with Gasteiger partial charge in [0.05, 0.1) is 0 Å². The molecule has 0 fully saturated rings. The van der Waals surface area contributed by atoms with Gasteiger partial charge in [0.15, 0.2) is 5.78 Å². The van der Waals surface area contributed by atoms with Gasteiger partial charge < -0.3 is 4.79 Å². The summed E-state index contributed by atoms with van der Waals surface area (Å²) in [5, 5.41) is 0. The molecule has 0 unspecified atom stereocenters. The van der Waals surface area contributed by atoms with Crippen molar-refractivity contribution in [3.05, 3.63) is 41.5 Å². The molecule has 0 amide bonds. The Morgan fingerprint density at radius 2 is 1.75 bits per heavy atom. The van der Waals surface area contributed by atoms with Gasteiger partial charge in [-0.15, -0.1) is 0 Å². The predicted molar refractivity (Wildman–Crippen MR) is 65.1 cm³/mol. The molecule has 2 nitrogen and oxygen atoms in total. The SMILES string of the molecule is CC(=O)CCC(=O)C=Cc1ccc(C)cc1. The van der Waals surface area contributed by atoms with Crippen LogP contribution >= 0.6 is 0 Å². The molecule has 0 aliphatic carbocycles. The quantitative estimate of drug-likeness (QED) is 0.709. The Morgan fingerprint density at radius 3 is 2.31 bits per heavy atom. The lowest BCUT2D eigenvalue weighted by atomic mass is 10.1. The lowest BCUT2D eigenvalue weighted by molar-refractivity contribution is -0.120. The molecule has 0 heterocycles. The largest absolute Gasteiger partial charge is 0.300 e. The maximum Gasteiger partial charge on any atom is 0.156 e. The van der Waals surface area contributed by atoms with Crippen LogP contribution in [0.3, 0.4) is 0 Å². The zero-order valence-electron chi connectivity index (χ0n) is 9.69. The summed E-state index contributed by atoms with van der Waals surface area (Å²) in [5.74, 6) is 0.0489. The molecule has 0 radical (unpaired) electrons. The third-order valence-corrected chi connectivity index (χ3v) is 2.26. The van der Waals surface area contributed by atoms with Crippen molar-refractivity contribution in [2.45, 2.75) is 26.7 Å². The predicted octanol–water partition coefficient (Wildman–Crippen LogP) is 2.95. The Kier molecular flexibility index (Phi) is 4.65. The Labute approximate surface area is 96.0 Å². The van der Waals surface area contributed by atoms with Crippen molar-refractivity contribution < 1.29 is 9.59 Å². The van der Waals surface area contributed by atoms with Crippen LogP contribution in [0, 0.1) is 6.92 Å². The molecule has 0 aromatic heterocycles. The first-order valence-electron chi connectivity index (χ1n) is 5.35. The normalized spacial score (nSPS) is 10.6. The average molecular weight is 216 g/mol. The lowest BCUT2D eigenvalue weighted by Gasteiger charge is -1.95. The van der Waals surface area contributed by atoms with E-state index in [1.54, 1.807) is 6.08 Å². The minimum atomic E-state index is -0.00391. The molecule has 2 heteroatoms. The number of Topliss-reactive ketones (excluding diaryl/α,β-unsaturated/α-hetero) is 1. The number of hydrogen-bond acceptors (Lipinski definition) is 2. The van der Waals surface area contributed by atoms with E-state index in [4.69, 9.17) is 0 Å². The highest BCUT2D eigenvalue weighted by Crippen LogP contribution is 2.05. The van der Waals surface area contributed by atoms with Gasteiger partial charge in [0.25, 0.3) is 0 Å². The number of hydrogen-bond donors (Lipinski definition) is 0. The fraction of sp³-hybridized carbons (Fsp3) is 0.286. The van der Waals surface area contributed by atoms with E-state index in [0.717, 1.165) is 5.56 Å². The molecule has 84 valence electrons. The van der Waals surface area contributed by atoms with Crippen molar-refractivity contribution in [2.75, 3.05) is 0 Å². The van der Waals surface area contributed by atoms with E-state index in [0.29, 0.717) is 12.8 Å². The molecule has 0 saturated heterocycles. The second-order valence-corrected chi connectivity index (χ2v) is 3.91. The summed E-state index contributed by atoms with van der Waals surface area (Å²) >= 11 is 0. The van der Waals surface area contributed by atoms with Crippen LogP contribution in [0.2, 0.25) is 0 Å². The van der Waals surface area contributed by atoms with Crippen LogP contribution in [-0.2, 0) is 9.59 Å². The van der Waals surface area contributed by atoms with Crippen molar-refractivity contribution >= 4 is 17.6 Å². The van der Waals surface area contributed by atoms with Crippen LogP contribution in [0.5, 0.6) is 0 Å². The zero-order chi connectivity index (χ0) is 12.0. The van der Waals surface area contributed by atoms with Crippen LogP contribution < -0.4 is 0 Å². The molecule has 0 aliphatic heterocycles. The van der Waals surface area contributed by atoms with Crippen LogP contribution in [0.1, 0.15) is 30.9 Å². The van der Waals surface area contributed by atoms with Crippen LogP contribution in [0.25, 0.3) is 6.08 Å². The Balaban J connectivity index is 2.50. The summed E-state index contributed by atoms with van der Waals surface area (Å²) in [6.07, 6.45) is 3.95. The van der Waals surface area contributed by atoms with E-state index >= 15 is 0 Å². The molecular weight excluding hydrogens is 200 g/mol. The number of allylic oxidation sites excluding steroid dienone is 1. The molecular formula is C14H16O2. The van der Waals surface area contributed by atoms with Gasteiger partial charge in [-0.05, 0) is 25.5 Å². The van der Waals surface area contributed by atoms with Crippen molar-refractivity contribution in [3.8, 4) is 0 Å². The highest BCUT2D eigenvalue weighted by Gasteiger charge is 1.99. The smallest absolute Gasteiger partial charge is 0.156 e. The molecule has 1 rings (SSSR count). The van der Waals surface area contributed by atoms with Gasteiger partial charge in [-0.2, -0.15) is 0 Å². The van der Waals surface area contributed by atoms with E-state index in [1.165, 1.54) is 18.6 Å². The zero-order valence-corrected chi connectivity index (χ0v) is 9.69. The van der Waals surface area contributed by atoms with Gasteiger partial charge in [-0.3, -0.25) is 4.79 Å². The van der Waals surface area contributed by atoms with Crippen molar-refractivity contribution in [2.24, 2.45) is 0 Å². The number of carbonyl (C=O) groups excluding carboxylic acids is 2. The monoisotopic (exact) mass is 216 g/mol. The summed E-state index contributed by atoms with van der Waals surface area (Å²) < 4.78 is 0. The molecule has 0 aliphatic rings. The Hall–Kier alpha value is -1.70. The van der Waals surface area contributed by atoms with Gasteiger partial charge in [0.2, 0.25) is 0 Å². The van der Waals surface area contributed by atoms with Gasteiger partial charge in [0.1, 0.15) is 5.78 Å². The maximum absolute atomic E-state index is 11.3. The lowest BCUT2D eigenvalue weighted by Crippen LogP contribution is -1.97. The first-order chi connectivity index (χ1) is 7.58. The number of aryl methyl sites for hydroxylation is 1. The Bertz CT molecular complexity index is 399. The van der Waals surface area contributed by atoms with E-state index < -0.39 is 0 Å². The second kappa shape index (κ2) is 6.01. The van der Waals surface area contributed by atoms with E-state index in [2.05, 4.69) is 0 Å². The Morgan fingerprint density at radius 1 is 1.12 bits per heavy atom. The molecule has 0 bridgehead atoms. The van der Waals surface area contributed by atoms with E-state index in [9.17, 15) is 9.59 Å². The summed E-state index contributed by atoms with van der Waals surface area (Å²) in [5.41, 5.74) is 2.20. The van der Waals surface area contributed by atoms with Crippen LogP contribution in [0.4, 0.5) is 0 Å². The standard InChI is InChI=1S/C14H16O2/c1-11-3-6-13(7-4-11)8-10-14(16)9-5-12(2)15/h3-4,6-8,10H,5,9H2,1-2H3. The van der Waals surface area contributed by atoms with Crippen LogP contribution in [0.15, 0.2) is 30.3 Å². The van der Waals surface area contributed by atoms with Crippen LogP contribution in [-0.4, -0.2) is 11.6 Å². The summed E-state index contributed by atoms with van der Waals surface area (Å²) in [6.45, 7) is 3.52. The number of ketones is 2. The van der Waals surface area contributed by atoms with E-state index in [-0.39, 0.29) is 11.6 Å². The number of carbonyl (C=O) groups is 2. The fourth-order valence-electron chi connectivity index (χ4n) is 1.25. The highest BCUT2D eigenvalue weighted by atomic mass is 16.1.